The number of aromatic nitrogens is 7. The van der Waals surface area contributed by atoms with Crippen LogP contribution in [0.1, 0.15) is 40.9 Å². The Morgan fingerprint density at radius 3 is 2.79 bits per heavy atom. The van der Waals surface area contributed by atoms with E-state index in [-0.39, 0.29) is 17.9 Å². The number of nitrogens with one attached hydrogen (secondary N) is 1. The Bertz CT molecular complexity index is 1160. The number of carbonyl (C=O) groups excluding carboxylic acids is 1. The number of fused-ring (bicyclic) bond motifs is 1. The van der Waals surface area contributed by atoms with Gasteiger partial charge in [-0.15, -0.1) is 10.2 Å². The molecular weight excluding hydrogens is 368 g/mol. The van der Waals surface area contributed by atoms with Crippen LogP contribution in [0.2, 0.25) is 0 Å². The molecule has 1 aromatic carbocycles. The van der Waals surface area contributed by atoms with Crippen molar-refractivity contribution in [3.05, 3.63) is 66.3 Å². The van der Waals surface area contributed by atoms with Gasteiger partial charge in [0.15, 0.2) is 5.82 Å². The summed E-state index contributed by atoms with van der Waals surface area (Å²) in [6.45, 7) is 0.587. The van der Waals surface area contributed by atoms with E-state index >= 15 is 0 Å². The Kier molecular flexibility index (Phi) is 4.27. The van der Waals surface area contributed by atoms with Gasteiger partial charge in [-0.05, 0) is 31.0 Å². The van der Waals surface area contributed by atoms with Gasteiger partial charge in [0.25, 0.3) is 5.91 Å². The van der Waals surface area contributed by atoms with E-state index in [2.05, 4.69) is 30.6 Å². The van der Waals surface area contributed by atoms with Crippen LogP contribution in [0, 0.1) is 0 Å². The third kappa shape index (κ3) is 3.35. The van der Waals surface area contributed by atoms with Crippen LogP contribution in [0.25, 0.3) is 11.0 Å². The maximum Gasteiger partial charge on any atom is 0.271 e. The smallest absolute Gasteiger partial charge is 0.271 e. The predicted octanol–water partition coefficient (Wildman–Crippen LogP) is 1.68. The number of amides is 1. The average molecular weight is 388 g/mol. The summed E-state index contributed by atoms with van der Waals surface area (Å²) in [7, 11) is 1.98. The molecule has 3 heterocycles. The Morgan fingerprint density at radius 2 is 2.00 bits per heavy atom. The first-order valence-corrected chi connectivity index (χ1v) is 9.55. The summed E-state index contributed by atoms with van der Waals surface area (Å²) in [4.78, 5) is 21.2. The molecule has 0 radical (unpaired) electrons. The minimum absolute atomic E-state index is 0.104. The standard InChI is InChI=1S/C20H20N8O/c1-27-18(12-28-8-4-7-22-28)25-26-19(27)13-9-14(10-13)23-20(29)17-11-21-15-5-2-3-6-16(15)24-17/h2-8,11,13-14H,9-10,12H2,1H3,(H,23,29). The van der Waals surface area contributed by atoms with E-state index in [9.17, 15) is 4.79 Å². The van der Waals surface area contributed by atoms with E-state index in [1.165, 1.54) is 6.20 Å². The molecule has 1 fully saturated rings. The lowest BCUT2D eigenvalue weighted by Gasteiger charge is -2.34. The molecule has 0 spiro atoms. The first-order chi connectivity index (χ1) is 14.2. The fourth-order valence-electron chi connectivity index (χ4n) is 3.68. The third-order valence-electron chi connectivity index (χ3n) is 5.38. The number of para-hydroxylation sites is 2. The first-order valence-electron chi connectivity index (χ1n) is 9.55. The molecule has 1 amide bonds. The minimum atomic E-state index is -0.191. The second kappa shape index (κ2) is 7.08. The Labute approximate surface area is 166 Å². The molecule has 9 heteroatoms. The topological polar surface area (TPSA) is 103 Å². The Hall–Kier alpha value is -3.62. The molecule has 1 aliphatic rings. The molecule has 0 unspecified atom stereocenters. The van der Waals surface area contributed by atoms with Gasteiger partial charge in [-0.25, -0.2) is 4.98 Å². The van der Waals surface area contributed by atoms with E-state index in [0.717, 1.165) is 35.5 Å². The molecule has 3 aromatic heterocycles. The minimum Gasteiger partial charge on any atom is -0.348 e. The maximum atomic E-state index is 12.5. The van der Waals surface area contributed by atoms with Gasteiger partial charge in [0, 0.05) is 31.4 Å². The van der Waals surface area contributed by atoms with Gasteiger partial charge in [0.1, 0.15) is 18.1 Å². The number of nitrogens with zero attached hydrogens (tertiary/aromatic N) is 7. The van der Waals surface area contributed by atoms with Gasteiger partial charge < -0.3 is 9.88 Å². The number of benzene rings is 1. The highest BCUT2D eigenvalue weighted by Gasteiger charge is 2.35. The number of hydrogen-bond acceptors (Lipinski definition) is 6. The summed E-state index contributed by atoms with van der Waals surface area (Å²) in [5, 5.41) is 15.9. The summed E-state index contributed by atoms with van der Waals surface area (Å²) in [5.74, 6) is 1.90. The quantitative estimate of drug-likeness (QED) is 0.558. The van der Waals surface area contributed by atoms with Crippen molar-refractivity contribution < 1.29 is 4.79 Å². The number of rotatable bonds is 5. The molecule has 4 aromatic rings. The van der Waals surface area contributed by atoms with Crippen molar-refractivity contribution in [2.24, 2.45) is 7.05 Å². The van der Waals surface area contributed by atoms with E-state index in [1.54, 1.807) is 6.20 Å². The van der Waals surface area contributed by atoms with Gasteiger partial charge in [-0.3, -0.25) is 14.5 Å². The molecule has 0 bridgehead atoms. The average Bonchev–Trinajstić information content (AvgIpc) is 3.35. The zero-order chi connectivity index (χ0) is 19.8. The second-order valence-electron chi connectivity index (χ2n) is 7.32. The predicted molar refractivity (Wildman–Crippen MR) is 105 cm³/mol. The second-order valence-corrected chi connectivity index (χ2v) is 7.32. The SMILES string of the molecule is Cn1c(Cn2cccn2)nnc1C1CC(NC(=O)c2cnc3ccccc3n2)C1. The molecule has 146 valence electrons. The molecule has 1 N–H and O–H groups in total. The van der Waals surface area contributed by atoms with Crippen LogP contribution >= 0.6 is 0 Å². The lowest BCUT2D eigenvalue weighted by Crippen LogP contribution is -2.44. The van der Waals surface area contributed by atoms with Crippen LogP contribution in [-0.2, 0) is 13.6 Å². The first kappa shape index (κ1) is 17.5. The lowest BCUT2D eigenvalue weighted by molar-refractivity contribution is 0.0901. The van der Waals surface area contributed by atoms with Gasteiger partial charge in [-0.1, -0.05) is 12.1 Å². The fourth-order valence-corrected chi connectivity index (χ4v) is 3.68. The normalized spacial score (nSPS) is 18.5. The van der Waals surface area contributed by atoms with E-state index in [4.69, 9.17) is 0 Å². The zero-order valence-electron chi connectivity index (χ0n) is 15.9. The van der Waals surface area contributed by atoms with Crippen LogP contribution in [0.4, 0.5) is 0 Å². The zero-order valence-corrected chi connectivity index (χ0v) is 15.9. The van der Waals surface area contributed by atoms with Crippen molar-refractivity contribution in [1.29, 1.82) is 0 Å². The number of hydrogen-bond donors (Lipinski definition) is 1. The van der Waals surface area contributed by atoms with Crippen molar-refractivity contribution in [2.75, 3.05) is 0 Å². The molecule has 0 saturated heterocycles. The monoisotopic (exact) mass is 388 g/mol. The van der Waals surface area contributed by atoms with E-state index in [1.807, 2.05) is 52.8 Å². The Morgan fingerprint density at radius 1 is 1.17 bits per heavy atom. The largest absolute Gasteiger partial charge is 0.348 e. The molecule has 29 heavy (non-hydrogen) atoms. The fraction of sp³-hybridized carbons (Fsp3) is 0.300. The molecule has 0 aliphatic heterocycles. The lowest BCUT2D eigenvalue weighted by atomic mass is 9.79. The van der Waals surface area contributed by atoms with Crippen molar-refractivity contribution in [3.8, 4) is 0 Å². The summed E-state index contributed by atoms with van der Waals surface area (Å²) < 4.78 is 3.85. The molecule has 1 aliphatic carbocycles. The van der Waals surface area contributed by atoms with Crippen molar-refractivity contribution in [3.63, 3.8) is 0 Å². The van der Waals surface area contributed by atoms with Crippen LogP contribution in [-0.4, -0.2) is 46.5 Å². The highest BCUT2D eigenvalue weighted by Crippen LogP contribution is 2.36. The van der Waals surface area contributed by atoms with Gasteiger partial charge in [0.05, 0.1) is 17.2 Å². The highest BCUT2D eigenvalue weighted by atomic mass is 16.2. The van der Waals surface area contributed by atoms with Gasteiger partial charge in [-0.2, -0.15) is 5.10 Å². The summed E-state index contributed by atoms with van der Waals surface area (Å²) >= 11 is 0. The third-order valence-corrected chi connectivity index (χ3v) is 5.38. The van der Waals surface area contributed by atoms with Gasteiger partial charge in [0.2, 0.25) is 0 Å². The summed E-state index contributed by atoms with van der Waals surface area (Å²) in [6, 6.07) is 9.51. The van der Waals surface area contributed by atoms with E-state index < -0.39 is 0 Å². The van der Waals surface area contributed by atoms with E-state index in [0.29, 0.717) is 12.2 Å². The summed E-state index contributed by atoms with van der Waals surface area (Å²) in [5.41, 5.74) is 1.84. The van der Waals surface area contributed by atoms with Crippen molar-refractivity contribution >= 4 is 16.9 Å². The van der Waals surface area contributed by atoms with Crippen molar-refractivity contribution in [2.45, 2.75) is 31.3 Å². The molecule has 9 nitrogen and oxygen atoms in total. The molecular formula is C20H20N8O. The van der Waals surface area contributed by atoms with Crippen molar-refractivity contribution in [1.82, 2.24) is 39.8 Å². The molecule has 5 rings (SSSR count). The molecule has 1 saturated carbocycles. The Balaban J connectivity index is 1.21. The van der Waals surface area contributed by atoms with Gasteiger partial charge >= 0.3 is 0 Å². The number of carbonyl (C=O) groups is 1. The van der Waals surface area contributed by atoms with Crippen LogP contribution in [0.3, 0.4) is 0 Å². The van der Waals surface area contributed by atoms with Crippen LogP contribution < -0.4 is 5.32 Å². The maximum absolute atomic E-state index is 12.5. The summed E-state index contributed by atoms with van der Waals surface area (Å²) in [6.07, 6.45) is 6.84. The highest BCUT2D eigenvalue weighted by molar-refractivity contribution is 5.94. The van der Waals surface area contributed by atoms with Crippen LogP contribution in [0.15, 0.2) is 48.9 Å². The molecule has 0 atom stereocenters. The van der Waals surface area contributed by atoms with Crippen LogP contribution in [0.5, 0.6) is 0 Å².